The lowest BCUT2D eigenvalue weighted by Crippen LogP contribution is -2.27. The van der Waals surface area contributed by atoms with Gasteiger partial charge in [-0.1, -0.05) is 30.3 Å². The van der Waals surface area contributed by atoms with Crippen molar-refractivity contribution in [2.24, 2.45) is 0 Å². The summed E-state index contributed by atoms with van der Waals surface area (Å²) >= 11 is 0. The van der Waals surface area contributed by atoms with Crippen LogP contribution in [0.3, 0.4) is 0 Å². The van der Waals surface area contributed by atoms with Crippen LogP contribution in [0.25, 0.3) is 0 Å². The summed E-state index contributed by atoms with van der Waals surface area (Å²) in [7, 11) is -3.37. The second-order valence-electron chi connectivity index (χ2n) is 4.75. The minimum Gasteiger partial charge on any atom is -0.372 e. The molecule has 0 saturated carbocycles. The van der Waals surface area contributed by atoms with Crippen molar-refractivity contribution in [2.75, 3.05) is 19.4 Å². The van der Waals surface area contributed by atoms with Crippen LogP contribution in [0.4, 0.5) is 0 Å². The first-order valence-electron chi connectivity index (χ1n) is 6.26. The van der Waals surface area contributed by atoms with E-state index in [-0.39, 0.29) is 18.8 Å². The van der Waals surface area contributed by atoms with E-state index < -0.39 is 10.1 Å². The number of rotatable bonds is 6. The van der Waals surface area contributed by atoms with Gasteiger partial charge in [-0.05, 0) is 12.0 Å². The Morgan fingerprint density at radius 1 is 1.32 bits per heavy atom. The van der Waals surface area contributed by atoms with Gasteiger partial charge in [0.1, 0.15) is 0 Å². The van der Waals surface area contributed by atoms with E-state index in [4.69, 9.17) is 8.92 Å². The SMILES string of the molecule is CS(=O)(=O)OCC1CC(OCc2ccccc2)CN1. The Bertz CT molecular complexity index is 489. The summed E-state index contributed by atoms with van der Waals surface area (Å²) in [6.45, 7) is 1.47. The zero-order valence-electron chi connectivity index (χ0n) is 10.9. The first-order chi connectivity index (χ1) is 9.03. The quantitative estimate of drug-likeness (QED) is 0.787. The molecular formula is C13H19NO4S. The fourth-order valence-electron chi connectivity index (χ4n) is 2.03. The summed E-state index contributed by atoms with van der Waals surface area (Å²) in [4.78, 5) is 0. The highest BCUT2D eigenvalue weighted by molar-refractivity contribution is 7.85. The second kappa shape index (κ2) is 6.47. The summed E-state index contributed by atoms with van der Waals surface area (Å²) in [5.74, 6) is 0. The van der Waals surface area contributed by atoms with Crippen LogP contribution >= 0.6 is 0 Å². The number of nitrogens with one attached hydrogen (secondary N) is 1. The maximum atomic E-state index is 10.9. The molecule has 1 aliphatic heterocycles. The van der Waals surface area contributed by atoms with E-state index in [1.165, 1.54) is 0 Å². The third-order valence-corrected chi connectivity index (χ3v) is 3.56. The van der Waals surface area contributed by atoms with Crippen LogP contribution in [0.2, 0.25) is 0 Å². The summed E-state index contributed by atoms with van der Waals surface area (Å²) in [5, 5.41) is 3.20. The maximum Gasteiger partial charge on any atom is 0.264 e. The average Bonchev–Trinajstić information content (AvgIpc) is 2.82. The van der Waals surface area contributed by atoms with Gasteiger partial charge in [-0.15, -0.1) is 0 Å². The summed E-state index contributed by atoms with van der Waals surface area (Å²) < 4.78 is 32.4. The molecule has 0 radical (unpaired) electrons. The summed E-state index contributed by atoms with van der Waals surface area (Å²) in [6, 6.07) is 10.0. The van der Waals surface area contributed by atoms with Gasteiger partial charge in [-0.2, -0.15) is 8.42 Å². The Kier molecular flexibility index (Phi) is 4.93. The van der Waals surface area contributed by atoms with Crippen LogP contribution in [0.15, 0.2) is 30.3 Å². The Morgan fingerprint density at radius 3 is 2.74 bits per heavy atom. The Labute approximate surface area is 114 Å². The number of hydrogen-bond acceptors (Lipinski definition) is 5. The Morgan fingerprint density at radius 2 is 2.05 bits per heavy atom. The molecule has 106 valence electrons. The zero-order chi connectivity index (χ0) is 13.7. The molecule has 2 atom stereocenters. The van der Waals surface area contributed by atoms with Crippen LogP contribution in [-0.2, 0) is 25.6 Å². The molecule has 19 heavy (non-hydrogen) atoms. The standard InChI is InChI=1S/C13H19NO4S/c1-19(15,16)18-10-12-7-13(8-14-12)17-9-11-5-3-2-4-6-11/h2-6,12-14H,7-10H2,1H3. The molecule has 1 saturated heterocycles. The summed E-state index contributed by atoms with van der Waals surface area (Å²) in [6.07, 6.45) is 1.93. The highest BCUT2D eigenvalue weighted by atomic mass is 32.2. The topological polar surface area (TPSA) is 64.6 Å². The van der Waals surface area contributed by atoms with E-state index in [9.17, 15) is 8.42 Å². The fourth-order valence-corrected chi connectivity index (χ4v) is 2.44. The minimum atomic E-state index is -3.37. The minimum absolute atomic E-state index is 0.0375. The Hall–Kier alpha value is -0.950. The number of ether oxygens (including phenoxy) is 1. The van der Waals surface area contributed by atoms with Crippen molar-refractivity contribution in [3.05, 3.63) is 35.9 Å². The lowest BCUT2D eigenvalue weighted by atomic mass is 10.2. The van der Waals surface area contributed by atoms with Gasteiger partial charge in [0.2, 0.25) is 0 Å². The molecule has 2 rings (SSSR count). The van der Waals surface area contributed by atoms with Gasteiger partial charge in [0.05, 0.1) is 25.6 Å². The van der Waals surface area contributed by atoms with E-state index in [0.717, 1.165) is 24.8 Å². The van der Waals surface area contributed by atoms with Gasteiger partial charge in [-0.25, -0.2) is 0 Å². The molecule has 6 heteroatoms. The second-order valence-corrected chi connectivity index (χ2v) is 6.39. The van der Waals surface area contributed by atoms with Crippen LogP contribution in [0, 0.1) is 0 Å². The lowest BCUT2D eigenvalue weighted by Gasteiger charge is -2.11. The molecule has 1 N–H and O–H groups in total. The molecule has 1 aromatic carbocycles. The highest BCUT2D eigenvalue weighted by Crippen LogP contribution is 2.13. The van der Waals surface area contributed by atoms with E-state index >= 15 is 0 Å². The first kappa shape index (κ1) is 14.5. The van der Waals surface area contributed by atoms with E-state index in [2.05, 4.69) is 5.32 Å². The lowest BCUT2D eigenvalue weighted by molar-refractivity contribution is 0.0516. The molecule has 2 unspecified atom stereocenters. The molecule has 0 aliphatic carbocycles. The smallest absolute Gasteiger partial charge is 0.264 e. The molecular weight excluding hydrogens is 266 g/mol. The van der Waals surface area contributed by atoms with Gasteiger partial charge in [0.15, 0.2) is 0 Å². The molecule has 1 aliphatic rings. The molecule has 0 amide bonds. The first-order valence-corrected chi connectivity index (χ1v) is 8.08. The van der Waals surface area contributed by atoms with Gasteiger partial charge < -0.3 is 10.1 Å². The Balaban J connectivity index is 1.70. The summed E-state index contributed by atoms with van der Waals surface area (Å²) in [5.41, 5.74) is 1.14. The largest absolute Gasteiger partial charge is 0.372 e. The molecule has 0 spiro atoms. The van der Waals surface area contributed by atoms with Crippen LogP contribution < -0.4 is 5.32 Å². The normalized spacial score (nSPS) is 23.6. The van der Waals surface area contributed by atoms with E-state index in [0.29, 0.717) is 6.61 Å². The molecule has 1 aromatic rings. The number of hydrogen-bond donors (Lipinski definition) is 1. The third-order valence-electron chi connectivity index (χ3n) is 2.99. The monoisotopic (exact) mass is 285 g/mol. The molecule has 1 fully saturated rings. The van der Waals surface area contributed by atoms with Crippen molar-refractivity contribution in [2.45, 2.75) is 25.2 Å². The highest BCUT2D eigenvalue weighted by Gasteiger charge is 2.25. The molecule has 0 bridgehead atoms. The predicted molar refractivity (Wildman–Crippen MR) is 72.2 cm³/mol. The van der Waals surface area contributed by atoms with Crippen LogP contribution in [0.5, 0.6) is 0 Å². The van der Waals surface area contributed by atoms with Gasteiger partial charge in [-0.3, -0.25) is 4.18 Å². The van der Waals surface area contributed by atoms with Crippen LogP contribution in [0.1, 0.15) is 12.0 Å². The van der Waals surface area contributed by atoms with E-state index in [1.54, 1.807) is 0 Å². The number of benzene rings is 1. The van der Waals surface area contributed by atoms with Gasteiger partial charge in [0, 0.05) is 12.6 Å². The van der Waals surface area contributed by atoms with Crippen molar-refractivity contribution >= 4 is 10.1 Å². The van der Waals surface area contributed by atoms with Crippen molar-refractivity contribution in [1.82, 2.24) is 5.32 Å². The predicted octanol–water partition coefficient (Wildman–Crippen LogP) is 0.910. The molecule has 5 nitrogen and oxygen atoms in total. The molecule has 0 aromatic heterocycles. The van der Waals surface area contributed by atoms with Crippen molar-refractivity contribution < 1.29 is 17.3 Å². The average molecular weight is 285 g/mol. The van der Waals surface area contributed by atoms with Crippen molar-refractivity contribution in [1.29, 1.82) is 0 Å². The fraction of sp³-hybridized carbons (Fsp3) is 0.538. The maximum absolute atomic E-state index is 10.9. The van der Waals surface area contributed by atoms with Crippen LogP contribution in [-0.4, -0.2) is 40.0 Å². The van der Waals surface area contributed by atoms with Gasteiger partial charge in [0.25, 0.3) is 10.1 Å². The molecule has 1 heterocycles. The van der Waals surface area contributed by atoms with E-state index in [1.807, 2.05) is 30.3 Å². The van der Waals surface area contributed by atoms with Crippen molar-refractivity contribution in [3.63, 3.8) is 0 Å². The van der Waals surface area contributed by atoms with Gasteiger partial charge >= 0.3 is 0 Å². The third kappa shape index (κ3) is 5.28. The zero-order valence-corrected chi connectivity index (χ0v) is 11.7. The van der Waals surface area contributed by atoms with Crippen molar-refractivity contribution in [3.8, 4) is 0 Å².